The lowest BCUT2D eigenvalue weighted by atomic mass is 11.9. The van der Waals surface area contributed by atoms with Crippen molar-refractivity contribution in [1.82, 2.24) is 0 Å². The van der Waals surface area contributed by atoms with Crippen molar-refractivity contribution < 1.29 is 14.4 Å². The largest absolute Gasteiger partial charge is 0.435 e. The molecule has 0 aromatic heterocycles. The Hall–Kier alpha value is 0.748. The SMILES string of the molecule is C[Si](C)(O)[Si](C)([Si](C)(C)O)[Si](C)(C)O. The van der Waals surface area contributed by atoms with Crippen LogP contribution in [0.25, 0.3) is 0 Å². The molecule has 0 amide bonds. The first-order chi connectivity index (χ1) is 5.75. The van der Waals surface area contributed by atoms with Crippen LogP contribution in [-0.4, -0.2) is 44.5 Å². The van der Waals surface area contributed by atoms with E-state index in [9.17, 15) is 14.4 Å². The summed E-state index contributed by atoms with van der Waals surface area (Å²) < 4.78 is 0. The lowest BCUT2D eigenvalue weighted by Crippen LogP contribution is -2.84. The second-order valence-corrected chi connectivity index (χ2v) is 41.9. The molecule has 3 N–H and O–H groups in total. The van der Waals surface area contributed by atoms with Crippen molar-refractivity contribution in [2.24, 2.45) is 0 Å². The van der Waals surface area contributed by atoms with E-state index in [0.29, 0.717) is 0 Å². The molecule has 0 bridgehead atoms. The van der Waals surface area contributed by atoms with Gasteiger partial charge in [0.25, 0.3) is 0 Å². The van der Waals surface area contributed by atoms with Gasteiger partial charge < -0.3 is 14.4 Å². The third-order valence-electron chi connectivity index (χ3n) is 3.67. The molecule has 0 heterocycles. The number of hydrogen-bond acceptors (Lipinski definition) is 3. The highest BCUT2D eigenvalue weighted by atomic mass is 29.9. The van der Waals surface area contributed by atoms with Gasteiger partial charge in [-0.05, 0) is 39.3 Å². The van der Waals surface area contributed by atoms with Gasteiger partial charge in [0.05, 0.1) is 0 Å². The first-order valence-corrected chi connectivity index (χ1v) is 19.3. The van der Waals surface area contributed by atoms with Crippen LogP contribution in [0, 0.1) is 0 Å². The summed E-state index contributed by atoms with van der Waals surface area (Å²) in [6.07, 6.45) is 0. The molecule has 7 heteroatoms. The summed E-state index contributed by atoms with van der Waals surface area (Å²) in [6, 6.07) is 0. The van der Waals surface area contributed by atoms with Gasteiger partial charge in [-0.3, -0.25) is 0 Å². The van der Waals surface area contributed by atoms with E-state index in [1.165, 1.54) is 0 Å². The average molecular weight is 269 g/mol. The second-order valence-electron chi connectivity index (χ2n) is 5.80. The third kappa shape index (κ3) is 2.28. The van der Waals surface area contributed by atoms with E-state index < -0.39 is 30.1 Å². The Morgan fingerprint density at radius 3 is 0.643 bits per heavy atom. The Morgan fingerprint density at radius 1 is 0.500 bits per heavy atom. The van der Waals surface area contributed by atoms with Crippen LogP contribution in [0.2, 0.25) is 45.8 Å². The minimum atomic E-state index is -2.42. The molecular formula is C7H24O3Si4. The van der Waals surface area contributed by atoms with E-state index in [1.807, 2.05) is 45.8 Å². The highest BCUT2D eigenvalue weighted by Gasteiger charge is 2.65. The normalized spacial score (nSPS) is 15.9. The minimum Gasteiger partial charge on any atom is -0.435 e. The Bertz CT molecular complexity index is 174. The van der Waals surface area contributed by atoms with Gasteiger partial charge in [-0.1, -0.05) is 6.55 Å². The fourth-order valence-electron chi connectivity index (χ4n) is 2.25. The first-order valence-electron chi connectivity index (χ1n) is 4.92. The summed E-state index contributed by atoms with van der Waals surface area (Å²) in [7, 11) is -7.26. The summed E-state index contributed by atoms with van der Waals surface area (Å²) in [5.41, 5.74) is 0. The highest BCUT2D eigenvalue weighted by Crippen LogP contribution is 2.32. The zero-order valence-electron chi connectivity index (χ0n) is 10.3. The van der Waals surface area contributed by atoms with Gasteiger partial charge in [0.2, 0.25) is 0 Å². The standard InChI is InChI=1S/C7H24O3Si4/c1-11(2,8)14(7,12(3,4)9)13(5,6)10/h8-10H,1-7H3. The maximum atomic E-state index is 10.4. The Morgan fingerprint density at radius 2 is 0.643 bits per heavy atom. The van der Waals surface area contributed by atoms with Crippen molar-refractivity contribution in [3.8, 4) is 0 Å². The van der Waals surface area contributed by atoms with Gasteiger partial charge in [-0.2, -0.15) is 0 Å². The van der Waals surface area contributed by atoms with Crippen LogP contribution in [0.4, 0.5) is 0 Å². The molecule has 0 rings (SSSR count). The van der Waals surface area contributed by atoms with Gasteiger partial charge in [0, 0.05) is 0 Å². The topological polar surface area (TPSA) is 60.7 Å². The van der Waals surface area contributed by atoms with Crippen molar-refractivity contribution in [1.29, 1.82) is 0 Å². The molecule has 0 atom stereocenters. The molecule has 0 saturated heterocycles. The molecule has 0 aliphatic rings. The zero-order chi connectivity index (χ0) is 12.0. The van der Waals surface area contributed by atoms with Crippen LogP contribution in [0.15, 0.2) is 0 Å². The van der Waals surface area contributed by atoms with Gasteiger partial charge in [-0.15, -0.1) is 0 Å². The fourth-order valence-corrected chi connectivity index (χ4v) is 60.6. The summed E-state index contributed by atoms with van der Waals surface area (Å²) in [5, 5.41) is 0. The van der Waals surface area contributed by atoms with Crippen LogP contribution < -0.4 is 0 Å². The molecule has 0 unspecified atom stereocenters. The average Bonchev–Trinajstić information content (AvgIpc) is 1.77. The Balaban J connectivity index is 5.54. The van der Waals surface area contributed by atoms with Gasteiger partial charge >= 0.3 is 0 Å². The fraction of sp³-hybridized carbons (Fsp3) is 1.00. The summed E-state index contributed by atoms with van der Waals surface area (Å²) >= 11 is 0. The van der Waals surface area contributed by atoms with E-state index in [4.69, 9.17) is 0 Å². The van der Waals surface area contributed by atoms with Crippen molar-refractivity contribution in [3.05, 3.63) is 0 Å². The molecular weight excluding hydrogens is 244 g/mol. The molecule has 14 heavy (non-hydrogen) atoms. The molecule has 0 spiro atoms. The Kier molecular flexibility index (Phi) is 3.84. The van der Waals surface area contributed by atoms with Crippen molar-refractivity contribution in [2.45, 2.75) is 45.8 Å². The van der Waals surface area contributed by atoms with Crippen molar-refractivity contribution in [2.75, 3.05) is 0 Å². The van der Waals surface area contributed by atoms with Crippen molar-refractivity contribution >= 4 is 30.1 Å². The number of hydrogen-bond donors (Lipinski definition) is 3. The minimum absolute atomic E-state index is 1.87. The molecule has 0 aliphatic heterocycles. The quantitative estimate of drug-likeness (QED) is 0.666. The van der Waals surface area contributed by atoms with Crippen molar-refractivity contribution in [3.63, 3.8) is 0 Å². The van der Waals surface area contributed by atoms with Crippen LogP contribution >= 0.6 is 0 Å². The second kappa shape index (κ2) is 3.65. The Labute approximate surface area is 90.6 Å². The van der Waals surface area contributed by atoms with Gasteiger partial charge in [-0.25, -0.2) is 0 Å². The van der Waals surface area contributed by atoms with E-state index in [0.717, 1.165) is 0 Å². The lowest BCUT2D eigenvalue weighted by Gasteiger charge is -2.49. The van der Waals surface area contributed by atoms with E-state index >= 15 is 0 Å². The van der Waals surface area contributed by atoms with E-state index in [1.54, 1.807) is 0 Å². The van der Waals surface area contributed by atoms with Crippen LogP contribution in [-0.2, 0) is 0 Å². The molecule has 0 saturated carbocycles. The molecule has 0 aromatic rings. The summed E-state index contributed by atoms with van der Waals surface area (Å²) in [4.78, 5) is 31.1. The van der Waals surface area contributed by atoms with E-state index in [-0.39, 0.29) is 0 Å². The molecule has 0 radical (unpaired) electrons. The first kappa shape index (κ1) is 14.7. The monoisotopic (exact) mass is 268 g/mol. The predicted octanol–water partition coefficient (Wildman–Crippen LogP) is 0.892. The lowest BCUT2D eigenvalue weighted by molar-refractivity contribution is 0.551. The van der Waals surface area contributed by atoms with Gasteiger partial charge in [0.1, 0.15) is 6.63 Å². The maximum absolute atomic E-state index is 10.4. The summed E-state index contributed by atoms with van der Waals surface area (Å²) in [6.45, 7) is 11.0. The molecule has 0 aromatic carbocycles. The van der Waals surface area contributed by atoms with Crippen LogP contribution in [0.1, 0.15) is 0 Å². The number of rotatable bonds is 3. The molecule has 0 aliphatic carbocycles. The van der Waals surface area contributed by atoms with E-state index in [2.05, 4.69) is 0 Å². The van der Waals surface area contributed by atoms with Crippen LogP contribution in [0.5, 0.6) is 0 Å². The molecule has 86 valence electrons. The molecule has 3 nitrogen and oxygen atoms in total. The smallest absolute Gasteiger partial charge is 0.170 e. The summed E-state index contributed by atoms with van der Waals surface area (Å²) in [5.74, 6) is 0. The van der Waals surface area contributed by atoms with Crippen LogP contribution in [0.3, 0.4) is 0 Å². The predicted molar refractivity (Wildman–Crippen MR) is 70.7 cm³/mol. The highest BCUT2D eigenvalue weighted by molar-refractivity contribution is 7.86. The zero-order valence-corrected chi connectivity index (χ0v) is 14.3. The molecule has 0 fully saturated rings. The third-order valence-corrected chi connectivity index (χ3v) is 66.1. The maximum Gasteiger partial charge on any atom is 0.170 e. The van der Waals surface area contributed by atoms with Gasteiger partial charge in [0.15, 0.2) is 23.5 Å².